The molecule has 0 unspecified atom stereocenters. The van der Waals surface area contributed by atoms with Crippen molar-refractivity contribution in [2.24, 2.45) is 0 Å². The van der Waals surface area contributed by atoms with E-state index in [0.29, 0.717) is 5.75 Å². The Morgan fingerprint density at radius 1 is 1.17 bits per heavy atom. The molecule has 1 aliphatic carbocycles. The summed E-state index contributed by atoms with van der Waals surface area (Å²) in [5, 5.41) is 9.31. The zero-order chi connectivity index (χ0) is 21.3. The SMILES string of the molecule is CC(C)(C)OC(=O)N1CC[C@@H](Oc2cc(C(=O)O)c(N)cc2OC2CC2)[C@H](F)C1. The fourth-order valence-corrected chi connectivity index (χ4v) is 2.98. The van der Waals surface area contributed by atoms with Gasteiger partial charge in [0.2, 0.25) is 0 Å². The maximum Gasteiger partial charge on any atom is 0.410 e. The molecule has 0 spiro atoms. The number of rotatable bonds is 5. The van der Waals surface area contributed by atoms with Gasteiger partial charge in [0, 0.05) is 25.1 Å². The molecule has 1 aliphatic heterocycles. The molecule has 1 aromatic rings. The van der Waals surface area contributed by atoms with Gasteiger partial charge in [-0.1, -0.05) is 0 Å². The van der Waals surface area contributed by atoms with E-state index in [-0.39, 0.29) is 42.6 Å². The number of hydrogen-bond acceptors (Lipinski definition) is 6. The van der Waals surface area contributed by atoms with Crippen LogP contribution in [0.25, 0.3) is 0 Å². The summed E-state index contributed by atoms with van der Waals surface area (Å²) < 4.78 is 31.6. The quantitative estimate of drug-likeness (QED) is 0.717. The Kier molecular flexibility index (Phi) is 5.77. The Balaban J connectivity index is 1.72. The molecule has 1 saturated carbocycles. The van der Waals surface area contributed by atoms with Gasteiger partial charge in [0.05, 0.1) is 23.9 Å². The Labute approximate surface area is 168 Å². The Morgan fingerprint density at radius 2 is 1.83 bits per heavy atom. The minimum atomic E-state index is -1.46. The van der Waals surface area contributed by atoms with E-state index >= 15 is 0 Å². The molecule has 8 nitrogen and oxygen atoms in total. The van der Waals surface area contributed by atoms with Gasteiger partial charge in [0.1, 0.15) is 11.7 Å². The van der Waals surface area contributed by atoms with Gasteiger partial charge in [0.15, 0.2) is 17.7 Å². The highest BCUT2D eigenvalue weighted by Gasteiger charge is 2.36. The topological polar surface area (TPSA) is 111 Å². The van der Waals surface area contributed by atoms with Crippen molar-refractivity contribution in [1.29, 1.82) is 0 Å². The average Bonchev–Trinajstić information content (AvgIpc) is 3.40. The van der Waals surface area contributed by atoms with Gasteiger partial charge in [-0.25, -0.2) is 14.0 Å². The van der Waals surface area contributed by atoms with E-state index in [1.54, 1.807) is 20.8 Å². The van der Waals surface area contributed by atoms with Crippen LogP contribution < -0.4 is 15.2 Å². The fraction of sp³-hybridized carbons (Fsp3) is 0.600. The predicted molar refractivity (Wildman–Crippen MR) is 103 cm³/mol. The first-order valence-electron chi connectivity index (χ1n) is 9.65. The standard InChI is InChI=1S/C20H27FN2O6/c1-20(2,3)29-19(26)23-7-6-15(13(21)10-23)28-16-8-12(18(24)25)14(22)9-17(16)27-11-4-5-11/h8-9,11,13,15H,4-7,10,22H2,1-3H3,(H,24,25)/t13-,15-/m1/s1. The first-order valence-corrected chi connectivity index (χ1v) is 9.65. The zero-order valence-corrected chi connectivity index (χ0v) is 16.8. The second-order valence-corrected chi connectivity index (χ2v) is 8.40. The van der Waals surface area contributed by atoms with E-state index in [4.69, 9.17) is 19.9 Å². The molecule has 0 radical (unpaired) electrons. The highest BCUT2D eigenvalue weighted by Crippen LogP contribution is 2.38. The van der Waals surface area contributed by atoms with E-state index in [9.17, 15) is 19.1 Å². The third-order valence-electron chi connectivity index (χ3n) is 4.58. The third-order valence-corrected chi connectivity index (χ3v) is 4.58. The van der Waals surface area contributed by atoms with Gasteiger partial charge in [-0.3, -0.25) is 0 Å². The fourth-order valence-electron chi connectivity index (χ4n) is 2.98. The second kappa shape index (κ2) is 7.96. The zero-order valence-electron chi connectivity index (χ0n) is 16.8. The number of nitrogens with two attached hydrogens (primary N) is 1. The first-order chi connectivity index (χ1) is 13.5. The van der Waals surface area contributed by atoms with Crippen molar-refractivity contribution in [3.63, 3.8) is 0 Å². The smallest absolute Gasteiger partial charge is 0.410 e. The first kappa shape index (κ1) is 21.0. The number of benzene rings is 1. The van der Waals surface area contributed by atoms with Crippen LogP contribution in [0.2, 0.25) is 0 Å². The summed E-state index contributed by atoms with van der Waals surface area (Å²) in [6.45, 7) is 5.33. The maximum absolute atomic E-state index is 14.8. The van der Waals surface area contributed by atoms with Crippen molar-refractivity contribution in [2.75, 3.05) is 18.8 Å². The van der Waals surface area contributed by atoms with Gasteiger partial charge in [0.25, 0.3) is 0 Å². The molecule has 1 amide bonds. The number of halogens is 1. The number of carbonyl (C=O) groups is 2. The van der Waals surface area contributed by atoms with Gasteiger partial charge >= 0.3 is 12.1 Å². The molecule has 9 heteroatoms. The summed E-state index contributed by atoms with van der Waals surface area (Å²) in [5.41, 5.74) is 5.06. The molecule has 3 N–H and O–H groups in total. The predicted octanol–water partition coefficient (Wildman–Crippen LogP) is 3.23. The summed E-state index contributed by atoms with van der Waals surface area (Å²) in [6.07, 6.45) is -0.841. The van der Waals surface area contributed by atoms with E-state index in [1.165, 1.54) is 17.0 Å². The Hall–Kier alpha value is -2.71. The molecule has 1 saturated heterocycles. The molecule has 1 aromatic carbocycles. The number of alkyl halides is 1. The number of nitrogen functional groups attached to an aromatic ring is 1. The maximum atomic E-state index is 14.8. The second-order valence-electron chi connectivity index (χ2n) is 8.40. The van der Waals surface area contributed by atoms with Gasteiger partial charge < -0.3 is 30.0 Å². The van der Waals surface area contributed by atoms with E-state index in [2.05, 4.69) is 0 Å². The number of carbonyl (C=O) groups excluding carboxylic acids is 1. The normalized spacial score (nSPS) is 22.1. The van der Waals surface area contributed by atoms with Crippen molar-refractivity contribution in [3.05, 3.63) is 17.7 Å². The summed E-state index contributed by atoms with van der Waals surface area (Å²) in [6, 6.07) is 2.67. The van der Waals surface area contributed by atoms with E-state index in [1.807, 2.05) is 0 Å². The van der Waals surface area contributed by atoms with Crippen LogP contribution in [0, 0.1) is 0 Å². The number of carboxylic acids is 1. The van der Waals surface area contributed by atoms with Crippen molar-refractivity contribution in [2.45, 2.75) is 64.0 Å². The van der Waals surface area contributed by atoms with E-state index in [0.717, 1.165) is 12.8 Å². The van der Waals surface area contributed by atoms with Crippen LogP contribution in [-0.4, -0.2) is 59.1 Å². The van der Waals surface area contributed by atoms with Crippen molar-refractivity contribution in [3.8, 4) is 11.5 Å². The molecular weight excluding hydrogens is 383 g/mol. The Bertz CT molecular complexity index is 790. The number of hydrogen-bond donors (Lipinski definition) is 2. The van der Waals surface area contributed by atoms with Crippen molar-refractivity contribution in [1.82, 2.24) is 4.90 Å². The molecule has 0 bridgehead atoms. The molecule has 29 heavy (non-hydrogen) atoms. The monoisotopic (exact) mass is 410 g/mol. The number of ether oxygens (including phenoxy) is 3. The van der Waals surface area contributed by atoms with Gasteiger partial charge in [-0.05, 0) is 33.6 Å². The van der Waals surface area contributed by atoms with Crippen LogP contribution >= 0.6 is 0 Å². The minimum Gasteiger partial charge on any atom is -0.486 e. The minimum absolute atomic E-state index is 0.0302. The van der Waals surface area contributed by atoms with Crippen molar-refractivity contribution >= 4 is 17.7 Å². The number of carboxylic acid groups (broad SMARTS) is 1. The van der Waals surface area contributed by atoms with Crippen LogP contribution in [0.4, 0.5) is 14.9 Å². The molecule has 0 aromatic heterocycles. The number of aromatic carboxylic acids is 1. The van der Waals surface area contributed by atoms with Crippen LogP contribution in [0.5, 0.6) is 11.5 Å². The highest BCUT2D eigenvalue weighted by molar-refractivity contribution is 5.94. The molecule has 2 fully saturated rings. The number of likely N-dealkylation sites (tertiary alicyclic amines) is 1. The molecule has 160 valence electrons. The molecule has 2 atom stereocenters. The summed E-state index contributed by atoms with van der Waals surface area (Å²) >= 11 is 0. The summed E-state index contributed by atoms with van der Waals surface area (Å²) in [4.78, 5) is 24.9. The average molecular weight is 410 g/mol. The van der Waals surface area contributed by atoms with Crippen LogP contribution in [-0.2, 0) is 4.74 Å². The third kappa shape index (κ3) is 5.42. The molecule has 1 heterocycles. The Morgan fingerprint density at radius 3 is 2.38 bits per heavy atom. The number of piperidine rings is 1. The van der Waals surface area contributed by atoms with Gasteiger partial charge in [-0.15, -0.1) is 0 Å². The molecular formula is C20H27FN2O6. The lowest BCUT2D eigenvalue weighted by Gasteiger charge is -2.35. The molecule has 2 aliphatic rings. The number of amides is 1. The van der Waals surface area contributed by atoms with Crippen LogP contribution in [0.15, 0.2) is 12.1 Å². The number of anilines is 1. The number of nitrogens with zero attached hydrogens (tertiary/aromatic N) is 1. The lowest BCUT2D eigenvalue weighted by molar-refractivity contribution is -0.0112. The summed E-state index contributed by atoms with van der Waals surface area (Å²) in [5.74, 6) is -0.763. The van der Waals surface area contributed by atoms with Gasteiger partial charge in [-0.2, -0.15) is 0 Å². The van der Waals surface area contributed by atoms with E-state index < -0.39 is 29.9 Å². The van der Waals surface area contributed by atoms with Crippen LogP contribution in [0.1, 0.15) is 50.4 Å². The van der Waals surface area contributed by atoms with Crippen molar-refractivity contribution < 1.29 is 33.3 Å². The van der Waals surface area contributed by atoms with Crippen LogP contribution in [0.3, 0.4) is 0 Å². The largest absolute Gasteiger partial charge is 0.486 e. The molecule has 3 rings (SSSR count). The lowest BCUT2D eigenvalue weighted by Crippen LogP contribution is -2.50. The highest BCUT2D eigenvalue weighted by atomic mass is 19.1. The lowest BCUT2D eigenvalue weighted by atomic mass is 10.1. The summed E-state index contributed by atoms with van der Waals surface area (Å²) in [7, 11) is 0.